The number of hydrogen-bond donors (Lipinski definition) is 2. The smallest absolute Gasteiger partial charge is 0.230 e. The van der Waals surface area contributed by atoms with Crippen LogP contribution in [-0.4, -0.2) is 22.9 Å². The lowest BCUT2D eigenvalue weighted by Crippen LogP contribution is -2.34. The number of nitrogens with zero attached hydrogens (tertiary/aromatic N) is 1. The number of thioether (sulfide) groups is 1. The first kappa shape index (κ1) is 15.6. The Kier molecular flexibility index (Phi) is 4.65. The molecule has 4 nitrogen and oxygen atoms in total. The van der Waals surface area contributed by atoms with E-state index in [1.165, 1.54) is 11.8 Å². The third kappa shape index (κ3) is 3.55. The van der Waals surface area contributed by atoms with E-state index >= 15 is 0 Å². The second-order valence-corrected chi connectivity index (χ2v) is 6.49. The third-order valence-electron chi connectivity index (χ3n) is 3.87. The molecule has 2 unspecified atom stereocenters. The average Bonchev–Trinajstić information content (AvgIpc) is 2.89. The first-order chi connectivity index (χ1) is 11.2. The molecule has 1 aliphatic rings. The molecule has 3 rings (SSSR count). The van der Waals surface area contributed by atoms with Crippen molar-refractivity contribution >= 4 is 17.7 Å². The van der Waals surface area contributed by atoms with Crippen LogP contribution in [0.1, 0.15) is 22.7 Å². The van der Waals surface area contributed by atoms with E-state index in [1.807, 2.05) is 36.4 Å². The van der Waals surface area contributed by atoms with Crippen LogP contribution in [0.4, 0.5) is 0 Å². The SMILES string of the molecule is N#Cc1ccc(SCC(=O)NC2c3ccccc3CC2O)cc1. The molecular weight excluding hydrogens is 308 g/mol. The zero-order valence-corrected chi connectivity index (χ0v) is 13.2. The molecule has 116 valence electrons. The number of nitriles is 1. The molecule has 0 aliphatic heterocycles. The molecule has 5 heteroatoms. The summed E-state index contributed by atoms with van der Waals surface area (Å²) in [4.78, 5) is 13.1. The molecule has 2 atom stereocenters. The highest BCUT2D eigenvalue weighted by molar-refractivity contribution is 8.00. The van der Waals surface area contributed by atoms with Crippen LogP contribution < -0.4 is 5.32 Å². The molecule has 0 bridgehead atoms. The molecule has 2 aromatic carbocycles. The molecule has 23 heavy (non-hydrogen) atoms. The van der Waals surface area contributed by atoms with Gasteiger partial charge in [-0.3, -0.25) is 4.79 Å². The first-order valence-electron chi connectivity index (χ1n) is 7.35. The lowest BCUT2D eigenvalue weighted by molar-refractivity contribution is -0.120. The maximum absolute atomic E-state index is 12.2. The Morgan fingerprint density at radius 2 is 2.00 bits per heavy atom. The minimum Gasteiger partial charge on any atom is -0.390 e. The molecule has 1 amide bonds. The molecule has 2 aromatic rings. The minimum atomic E-state index is -0.573. The van der Waals surface area contributed by atoms with E-state index in [9.17, 15) is 9.90 Å². The number of carbonyl (C=O) groups excluding carboxylic acids is 1. The molecule has 0 radical (unpaired) electrons. The normalized spacial score (nSPS) is 19.0. The maximum Gasteiger partial charge on any atom is 0.230 e. The quantitative estimate of drug-likeness (QED) is 0.847. The number of rotatable bonds is 4. The van der Waals surface area contributed by atoms with E-state index in [1.54, 1.807) is 12.1 Å². The lowest BCUT2D eigenvalue weighted by atomic mass is 10.1. The van der Waals surface area contributed by atoms with Crippen molar-refractivity contribution in [3.63, 3.8) is 0 Å². The van der Waals surface area contributed by atoms with E-state index in [0.29, 0.717) is 12.0 Å². The second kappa shape index (κ2) is 6.86. The number of carbonyl (C=O) groups is 1. The molecule has 1 aliphatic carbocycles. The van der Waals surface area contributed by atoms with Gasteiger partial charge in [-0.05, 0) is 35.4 Å². The Hall–Kier alpha value is -2.29. The Labute approximate surface area is 139 Å². The molecule has 0 fully saturated rings. The van der Waals surface area contributed by atoms with Crippen LogP contribution >= 0.6 is 11.8 Å². The second-order valence-electron chi connectivity index (χ2n) is 5.44. The molecule has 0 aromatic heterocycles. The van der Waals surface area contributed by atoms with Gasteiger partial charge in [0.25, 0.3) is 0 Å². The first-order valence-corrected chi connectivity index (χ1v) is 8.34. The minimum absolute atomic E-state index is 0.111. The van der Waals surface area contributed by atoms with Crippen LogP contribution in [0.25, 0.3) is 0 Å². The van der Waals surface area contributed by atoms with Crippen molar-refractivity contribution in [3.8, 4) is 6.07 Å². The molecule has 0 saturated heterocycles. The Balaban J connectivity index is 1.58. The highest BCUT2D eigenvalue weighted by Crippen LogP contribution is 2.31. The van der Waals surface area contributed by atoms with Crippen molar-refractivity contribution in [3.05, 3.63) is 65.2 Å². The summed E-state index contributed by atoms with van der Waals surface area (Å²) in [6.45, 7) is 0. The Morgan fingerprint density at radius 1 is 1.26 bits per heavy atom. The summed E-state index contributed by atoms with van der Waals surface area (Å²) in [6.07, 6.45) is 0.000393. The molecule has 0 spiro atoms. The van der Waals surface area contributed by atoms with Crippen LogP contribution in [0.15, 0.2) is 53.4 Å². The summed E-state index contributed by atoms with van der Waals surface area (Å²) in [6, 6.07) is 16.6. The summed E-state index contributed by atoms with van der Waals surface area (Å²) in [5.74, 6) is 0.164. The largest absolute Gasteiger partial charge is 0.390 e. The maximum atomic E-state index is 12.2. The third-order valence-corrected chi connectivity index (χ3v) is 4.89. The fourth-order valence-corrected chi connectivity index (χ4v) is 3.45. The van der Waals surface area contributed by atoms with E-state index in [2.05, 4.69) is 11.4 Å². The van der Waals surface area contributed by atoms with Gasteiger partial charge < -0.3 is 10.4 Å². The summed E-state index contributed by atoms with van der Waals surface area (Å²) >= 11 is 1.41. The van der Waals surface area contributed by atoms with Crippen molar-refractivity contribution in [2.75, 3.05) is 5.75 Å². The summed E-state index contributed by atoms with van der Waals surface area (Å²) in [5.41, 5.74) is 2.69. The topological polar surface area (TPSA) is 73.1 Å². The summed E-state index contributed by atoms with van der Waals surface area (Å²) in [7, 11) is 0. The number of benzene rings is 2. The van der Waals surface area contributed by atoms with E-state index in [0.717, 1.165) is 16.0 Å². The van der Waals surface area contributed by atoms with Crippen molar-refractivity contribution in [2.45, 2.75) is 23.5 Å². The average molecular weight is 324 g/mol. The zero-order valence-electron chi connectivity index (χ0n) is 12.4. The highest BCUT2D eigenvalue weighted by Gasteiger charge is 2.31. The van der Waals surface area contributed by atoms with Crippen LogP contribution in [0.5, 0.6) is 0 Å². The molecule has 2 N–H and O–H groups in total. The van der Waals surface area contributed by atoms with E-state index < -0.39 is 6.10 Å². The summed E-state index contributed by atoms with van der Waals surface area (Å²) in [5, 5.41) is 21.8. The number of amides is 1. The van der Waals surface area contributed by atoms with Crippen molar-refractivity contribution in [2.24, 2.45) is 0 Å². The lowest BCUT2D eigenvalue weighted by Gasteiger charge is -2.17. The number of aliphatic hydroxyl groups is 1. The molecule has 0 saturated carbocycles. The van der Waals surface area contributed by atoms with Gasteiger partial charge in [-0.2, -0.15) is 5.26 Å². The van der Waals surface area contributed by atoms with Crippen LogP contribution in [0.2, 0.25) is 0 Å². The van der Waals surface area contributed by atoms with Crippen molar-refractivity contribution in [1.29, 1.82) is 5.26 Å². The van der Waals surface area contributed by atoms with Crippen molar-refractivity contribution < 1.29 is 9.90 Å². The predicted octanol–water partition coefficient (Wildman–Crippen LogP) is 2.42. The van der Waals surface area contributed by atoms with Gasteiger partial charge in [-0.15, -0.1) is 11.8 Å². The van der Waals surface area contributed by atoms with Crippen LogP contribution in [0.3, 0.4) is 0 Å². The van der Waals surface area contributed by atoms with Gasteiger partial charge in [0.1, 0.15) is 0 Å². The van der Waals surface area contributed by atoms with Gasteiger partial charge in [-0.25, -0.2) is 0 Å². The fourth-order valence-electron chi connectivity index (χ4n) is 2.74. The predicted molar refractivity (Wildman–Crippen MR) is 88.9 cm³/mol. The van der Waals surface area contributed by atoms with E-state index in [-0.39, 0.29) is 17.7 Å². The highest BCUT2D eigenvalue weighted by atomic mass is 32.2. The van der Waals surface area contributed by atoms with Crippen LogP contribution in [-0.2, 0) is 11.2 Å². The fraction of sp³-hybridized carbons (Fsp3) is 0.222. The van der Waals surface area contributed by atoms with Gasteiger partial charge in [0.05, 0.1) is 29.5 Å². The number of hydrogen-bond acceptors (Lipinski definition) is 4. The van der Waals surface area contributed by atoms with Gasteiger partial charge >= 0.3 is 0 Å². The Morgan fingerprint density at radius 3 is 2.74 bits per heavy atom. The van der Waals surface area contributed by atoms with Crippen LogP contribution in [0, 0.1) is 11.3 Å². The molecule has 0 heterocycles. The van der Waals surface area contributed by atoms with Gasteiger partial charge in [-0.1, -0.05) is 24.3 Å². The standard InChI is InChI=1S/C18H16N2O2S/c19-10-12-5-7-14(8-6-12)23-11-17(22)20-18-15-4-2-1-3-13(15)9-16(18)21/h1-8,16,18,21H,9,11H2,(H,20,22). The molecular formula is C18H16N2O2S. The number of aliphatic hydroxyl groups excluding tert-OH is 1. The Bertz CT molecular complexity index is 752. The van der Waals surface area contributed by atoms with Gasteiger partial charge in [0.2, 0.25) is 5.91 Å². The number of fused-ring (bicyclic) bond motifs is 1. The number of nitrogens with one attached hydrogen (secondary N) is 1. The van der Waals surface area contributed by atoms with Gasteiger partial charge in [0, 0.05) is 11.3 Å². The summed E-state index contributed by atoms with van der Waals surface area (Å²) < 4.78 is 0. The monoisotopic (exact) mass is 324 g/mol. The van der Waals surface area contributed by atoms with E-state index in [4.69, 9.17) is 5.26 Å². The van der Waals surface area contributed by atoms with Crippen molar-refractivity contribution in [1.82, 2.24) is 5.32 Å². The van der Waals surface area contributed by atoms with Gasteiger partial charge in [0.15, 0.2) is 0 Å². The zero-order chi connectivity index (χ0) is 16.2.